The lowest BCUT2D eigenvalue weighted by Gasteiger charge is -2.35. The van der Waals surface area contributed by atoms with E-state index in [-0.39, 0.29) is 36.5 Å². The molecule has 0 aromatic heterocycles. The highest BCUT2D eigenvalue weighted by Gasteiger charge is 2.44. The molecule has 1 aliphatic carbocycles. The topological polar surface area (TPSA) is 143 Å². The molecule has 2 aromatic rings. The number of nitrogens with one attached hydrogen (secondary N) is 1. The van der Waals surface area contributed by atoms with Crippen LogP contribution < -0.4 is 5.32 Å². The first-order valence-corrected chi connectivity index (χ1v) is 14.6. The zero-order valence-corrected chi connectivity index (χ0v) is 23.1. The Morgan fingerprint density at radius 2 is 1.83 bits per heavy atom. The van der Waals surface area contributed by atoms with Gasteiger partial charge in [-0.25, -0.2) is 4.57 Å². The summed E-state index contributed by atoms with van der Waals surface area (Å²) in [5.41, 5.74) is 0.739. The molecule has 4 amide bonds. The predicted octanol–water partition coefficient (Wildman–Crippen LogP) is 3.48. The zero-order valence-electron chi connectivity index (χ0n) is 21.4. The molecule has 0 bridgehead atoms. The van der Waals surface area contributed by atoms with Gasteiger partial charge in [0, 0.05) is 35.7 Å². The van der Waals surface area contributed by atoms with Crippen LogP contribution in [-0.2, 0) is 47.0 Å². The molecule has 2 unspecified atom stereocenters. The van der Waals surface area contributed by atoms with E-state index >= 15 is 0 Å². The van der Waals surface area contributed by atoms with E-state index in [2.05, 4.69) is 5.32 Å². The van der Waals surface area contributed by atoms with Crippen LogP contribution in [0, 0.1) is 0 Å². The van der Waals surface area contributed by atoms with Crippen LogP contribution in [-0.4, -0.2) is 57.2 Å². The number of carbonyl (C=O) groups excluding carboxylic acids is 4. The van der Waals surface area contributed by atoms with E-state index in [1.54, 1.807) is 6.07 Å². The third-order valence-electron chi connectivity index (χ3n) is 6.96. The maximum atomic E-state index is 14.6. The third-order valence-corrected chi connectivity index (χ3v) is 8.22. The molecule has 11 nitrogen and oxygen atoms in total. The van der Waals surface area contributed by atoms with Gasteiger partial charge in [0.05, 0.1) is 6.10 Å². The minimum atomic E-state index is -4.47. The summed E-state index contributed by atoms with van der Waals surface area (Å²) in [6.45, 7) is -1.04. The Morgan fingerprint density at radius 3 is 2.51 bits per heavy atom. The van der Waals surface area contributed by atoms with Crippen LogP contribution in [0.3, 0.4) is 0 Å². The minimum absolute atomic E-state index is 0.000530. The number of halogens is 3. The van der Waals surface area contributed by atoms with Crippen molar-refractivity contribution in [3.63, 3.8) is 0 Å². The number of phosphoric acid groups is 1. The lowest BCUT2D eigenvalue weighted by atomic mass is 10.0. The highest BCUT2D eigenvalue weighted by Crippen LogP contribution is 2.49. The van der Waals surface area contributed by atoms with Crippen molar-refractivity contribution in [2.75, 3.05) is 6.73 Å². The molecule has 218 valence electrons. The largest absolute Gasteiger partial charge is 0.474 e. The normalized spacial score (nSPS) is 20.7. The molecule has 2 heterocycles. The quantitative estimate of drug-likeness (QED) is 0.307. The molecule has 0 radical (unpaired) electrons. The summed E-state index contributed by atoms with van der Waals surface area (Å²) in [6.07, 6.45) is 0.771. The second kappa shape index (κ2) is 11.2. The number of nitrogens with zero attached hydrogens (tertiary/aromatic N) is 2. The third kappa shape index (κ3) is 6.34. The van der Waals surface area contributed by atoms with E-state index in [1.165, 1.54) is 29.2 Å². The number of alkyl halides is 2. The van der Waals surface area contributed by atoms with E-state index in [1.807, 2.05) is 0 Å². The molecule has 2 aromatic carbocycles. The molecule has 2 aliphatic heterocycles. The van der Waals surface area contributed by atoms with Crippen LogP contribution >= 0.6 is 19.4 Å². The van der Waals surface area contributed by atoms with Crippen molar-refractivity contribution in [3.05, 3.63) is 69.7 Å². The lowest BCUT2D eigenvalue weighted by Crippen LogP contribution is -2.55. The maximum absolute atomic E-state index is 14.6. The van der Waals surface area contributed by atoms with Crippen LogP contribution in [0.5, 0.6) is 0 Å². The van der Waals surface area contributed by atoms with Gasteiger partial charge in [-0.15, -0.1) is 0 Å². The van der Waals surface area contributed by atoms with Crippen molar-refractivity contribution >= 4 is 43.1 Å². The van der Waals surface area contributed by atoms with Crippen LogP contribution in [0.1, 0.15) is 52.7 Å². The first-order valence-electron chi connectivity index (χ1n) is 12.7. The highest BCUT2D eigenvalue weighted by atomic mass is 35.5. The number of imide groups is 1. The zero-order chi connectivity index (χ0) is 29.5. The second-order valence-corrected chi connectivity index (χ2v) is 11.8. The van der Waals surface area contributed by atoms with Crippen LogP contribution in [0.15, 0.2) is 42.5 Å². The number of benzene rings is 2. The van der Waals surface area contributed by atoms with Gasteiger partial charge in [-0.2, -0.15) is 8.78 Å². The molecule has 15 heteroatoms. The van der Waals surface area contributed by atoms with E-state index < -0.39 is 61.8 Å². The first kappa shape index (κ1) is 29.3. The summed E-state index contributed by atoms with van der Waals surface area (Å²) in [6, 6.07) is 8.18. The SMILES string of the molecule is O=C1CCC(N2Cc3cc(CNC(=O)C(F)(F)c4ccc(Cl)cc4)ccc3C2=O)C(=O)N1COP(=O)(O)OC1CC1. The van der Waals surface area contributed by atoms with Crippen LogP contribution in [0.2, 0.25) is 5.02 Å². The van der Waals surface area contributed by atoms with Crippen molar-refractivity contribution in [2.45, 2.75) is 56.8 Å². The lowest BCUT2D eigenvalue weighted by molar-refractivity contribution is -0.156. The second-order valence-electron chi connectivity index (χ2n) is 9.93. The van der Waals surface area contributed by atoms with Crippen molar-refractivity contribution in [2.24, 2.45) is 0 Å². The standard InChI is InChI=1S/C26H25ClF2N3O8P/c27-18-4-2-17(3-5-18)26(28,29)25(36)30-12-15-1-8-20-16(11-15)13-31(23(20)34)21-9-10-22(33)32(24(21)35)14-39-41(37,38)40-19-6-7-19/h1-5,8,11,19,21H,6-7,9-10,12-14H2,(H,30,36)(H,37,38). The van der Waals surface area contributed by atoms with Gasteiger partial charge in [0.2, 0.25) is 5.91 Å². The first-order chi connectivity index (χ1) is 19.4. The van der Waals surface area contributed by atoms with E-state index in [0.717, 1.165) is 12.1 Å². The molecule has 0 spiro atoms. The van der Waals surface area contributed by atoms with Crippen LogP contribution in [0.4, 0.5) is 8.78 Å². The number of fused-ring (bicyclic) bond motifs is 1. The molecule has 2 N–H and O–H groups in total. The molecule has 2 atom stereocenters. The Labute approximate surface area is 238 Å². The molecular weight excluding hydrogens is 587 g/mol. The van der Waals surface area contributed by atoms with Gasteiger partial charge in [0.15, 0.2) is 0 Å². The van der Waals surface area contributed by atoms with E-state index in [4.69, 9.17) is 20.6 Å². The Kier molecular flexibility index (Phi) is 8.01. The highest BCUT2D eigenvalue weighted by molar-refractivity contribution is 7.47. The Hall–Kier alpha value is -3.22. The minimum Gasteiger partial charge on any atom is -0.346 e. The molecule has 1 saturated heterocycles. The smallest absolute Gasteiger partial charge is 0.346 e. The Balaban J connectivity index is 1.22. The number of carbonyl (C=O) groups is 4. The van der Waals surface area contributed by atoms with Gasteiger partial charge < -0.3 is 15.1 Å². The molecule has 1 saturated carbocycles. The summed E-state index contributed by atoms with van der Waals surface area (Å²) in [5, 5.41) is 2.46. The fraction of sp³-hybridized carbons (Fsp3) is 0.385. The molecule has 41 heavy (non-hydrogen) atoms. The maximum Gasteiger partial charge on any atom is 0.474 e. The molecule has 5 rings (SSSR count). The number of rotatable bonds is 10. The van der Waals surface area contributed by atoms with E-state index in [9.17, 15) is 37.4 Å². The number of phosphoric ester groups is 1. The average Bonchev–Trinajstić information content (AvgIpc) is 3.67. The summed E-state index contributed by atoms with van der Waals surface area (Å²) in [5.74, 6) is -7.15. The number of hydrogen-bond donors (Lipinski definition) is 2. The molecule has 3 aliphatic rings. The van der Waals surface area contributed by atoms with Gasteiger partial charge >= 0.3 is 13.7 Å². The van der Waals surface area contributed by atoms with Crippen molar-refractivity contribution in [1.29, 1.82) is 0 Å². The van der Waals surface area contributed by atoms with Gasteiger partial charge in [-0.05, 0) is 48.6 Å². The summed E-state index contributed by atoms with van der Waals surface area (Å²) >= 11 is 5.73. The fourth-order valence-corrected chi connectivity index (χ4v) is 5.65. The Morgan fingerprint density at radius 1 is 1.12 bits per heavy atom. The van der Waals surface area contributed by atoms with Gasteiger partial charge in [0.1, 0.15) is 12.8 Å². The number of hydrogen-bond acceptors (Lipinski definition) is 7. The summed E-state index contributed by atoms with van der Waals surface area (Å²) < 4.78 is 50.9. The predicted molar refractivity (Wildman–Crippen MR) is 138 cm³/mol. The van der Waals surface area contributed by atoms with Gasteiger partial charge in [0.25, 0.3) is 17.7 Å². The van der Waals surface area contributed by atoms with Crippen molar-refractivity contribution in [1.82, 2.24) is 15.1 Å². The Bertz CT molecular complexity index is 1450. The summed E-state index contributed by atoms with van der Waals surface area (Å²) in [4.78, 5) is 62.7. The molecule has 2 fully saturated rings. The van der Waals surface area contributed by atoms with E-state index in [0.29, 0.717) is 28.9 Å². The number of likely N-dealkylation sites (tertiary alicyclic amines) is 1. The average molecular weight is 612 g/mol. The number of amides is 4. The van der Waals surface area contributed by atoms with Crippen molar-refractivity contribution in [3.8, 4) is 0 Å². The molecular formula is C26H25ClF2N3O8P. The monoisotopic (exact) mass is 611 g/mol. The van der Waals surface area contributed by atoms with Gasteiger partial charge in [-0.1, -0.05) is 35.9 Å². The fourth-order valence-electron chi connectivity index (χ4n) is 4.61. The summed E-state index contributed by atoms with van der Waals surface area (Å²) in [7, 11) is -4.47. The van der Waals surface area contributed by atoms with Crippen molar-refractivity contribution < 1.29 is 46.5 Å². The van der Waals surface area contributed by atoms with Gasteiger partial charge in [-0.3, -0.25) is 33.1 Å². The van der Waals surface area contributed by atoms with Crippen LogP contribution in [0.25, 0.3) is 0 Å². The number of piperidine rings is 1.